The van der Waals surface area contributed by atoms with E-state index in [0.29, 0.717) is 11.0 Å². The van der Waals surface area contributed by atoms with E-state index in [1.54, 1.807) is 6.08 Å². The number of hydrogen-bond donors (Lipinski definition) is 0. The molecule has 0 spiro atoms. The number of aromatic nitrogens is 3. The molecule has 1 aliphatic rings. The van der Waals surface area contributed by atoms with Crippen LogP contribution in [0.4, 0.5) is 0 Å². The Morgan fingerprint density at radius 2 is 1.90 bits per heavy atom. The standard InChI is InChI=1S/C26H31N3O/c1-19(15-16-22-21(3)12-9-17-26(22,4)5)10-8-11-20(2)18-25(30)29-24-14-7-6-13-23(24)27-28-29/h6-8,10-11,13-16,18H,9,12,17H2,1-5H3/b11-8+,16-15+,19-10+,20-18+. The van der Waals surface area contributed by atoms with Crippen LogP contribution in [0.3, 0.4) is 0 Å². The van der Waals surface area contributed by atoms with Crippen LogP contribution in [-0.4, -0.2) is 20.9 Å². The third-order valence-electron chi connectivity index (χ3n) is 5.69. The van der Waals surface area contributed by atoms with E-state index in [0.717, 1.165) is 5.57 Å². The second kappa shape index (κ2) is 9.21. The normalized spacial score (nSPS) is 18.2. The number of benzene rings is 1. The second-order valence-corrected chi connectivity index (χ2v) is 8.75. The van der Waals surface area contributed by atoms with Crippen molar-refractivity contribution in [3.05, 3.63) is 83.0 Å². The molecule has 3 rings (SSSR count). The van der Waals surface area contributed by atoms with Gasteiger partial charge in [0.2, 0.25) is 0 Å². The summed E-state index contributed by atoms with van der Waals surface area (Å²) in [5.74, 6) is -0.201. The predicted molar refractivity (Wildman–Crippen MR) is 124 cm³/mol. The molecule has 1 aliphatic carbocycles. The molecule has 1 aromatic carbocycles. The molecule has 0 N–H and O–H groups in total. The van der Waals surface area contributed by atoms with Gasteiger partial charge in [-0.3, -0.25) is 4.79 Å². The Morgan fingerprint density at radius 3 is 2.67 bits per heavy atom. The van der Waals surface area contributed by atoms with E-state index >= 15 is 0 Å². The molecule has 4 heteroatoms. The van der Waals surface area contributed by atoms with Gasteiger partial charge in [0.25, 0.3) is 5.91 Å². The van der Waals surface area contributed by atoms with Crippen molar-refractivity contribution in [2.75, 3.05) is 0 Å². The molecule has 0 aliphatic heterocycles. The molecule has 0 bridgehead atoms. The average Bonchev–Trinajstić information content (AvgIpc) is 3.11. The molecule has 30 heavy (non-hydrogen) atoms. The van der Waals surface area contributed by atoms with E-state index < -0.39 is 0 Å². The summed E-state index contributed by atoms with van der Waals surface area (Å²) in [5.41, 5.74) is 6.68. The second-order valence-electron chi connectivity index (χ2n) is 8.75. The highest BCUT2D eigenvalue weighted by atomic mass is 16.2. The zero-order valence-corrected chi connectivity index (χ0v) is 18.6. The number of allylic oxidation sites excluding steroid dienone is 10. The summed E-state index contributed by atoms with van der Waals surface area (Å²) in [5, 5.41) is 8.00. The number of para-hydroxylation sites is 1. The number of nitrogens with zero attached hydrogens (tertiary/aromatic N) is 3. The van der Waals surface area contributed by atoms with Crippen LogP contribution in [0.5, 0.6) is 0 Å². The Hall–Kier alpha value is -3.01. The van der Waals surface area contributed by atoms with Gasteiger partial charge < -0.3 is 0 Å². The summed E-state index contributed by atoms with van der Waals surface area (Å²) in [6.07, 6.45) is 15.7. The molecule has 0 radical (unpaired) electrons. The molecular formula is C26H31N3O. The molecule has 0 atom stereocenters. The van der Waals surface area contributed by atoms with E-state index in [9.17, 15) is 4.79 Å². The van der Waals surface area contributed by atoms with Crippen molar-refractivity contribution < 1.29 is 4.79 Å². The molecule has 4 nitrogen and oxygen atoms in total. The van der Waals surface area contributed by atoms with Gasteiger partial charge in [-0.25, -0.2) is 0 Å². The first-order valence-corrected chi connectivity index (χ1v) is 10.5. The van der Waals surface area contributed by atoms with Gasteiger partial charge in [0.05, 0.1) is 5.52 Å². The van der Waals surface area contributed by atoms with Crippen LogP contribution in [0, 0.1) is 5.41 Å². The van der Waals surface area contributed by atoms with E-state index in [1.807, 2.05) is 43.3 Å². The van der Waals surface area contributed by atoms with E-state index in [1.165, 1.54) is 40.7 Å². The van der Waals surface area contributed by atoms with Crippen molar-refractivity contribution in [1.82, 2.24) is 15.0 Å². The van der Waals surface area contributed by atoms with Gasteiger partial charge >= 0.3 is 0 Å². The largest absolute Gasteiger partial charge is 0.273 e. The van der Waals surface area contributed by atoms with Crippen molar-refractivity contribution in [3.63, 3.8) is 0 Å². The zero-order valence-electron chi connectivity index (χ0n) is 18.6. The van der Waals surface area contributed by atoms with Crippen molar-refractivity contribution in [2.45, 2.75) is 53.9 Å². The van der Waals surface area contributed by atoms with Crippen LogP contribution >= 0.6 is 0 Å². The summed E-state index contributed by atoms with van der Waals surface area (Å²) in [6, 6.07) is 7.44. The fraction of sp³-hybridized carbons (Fsp3) is 0.346. The SMILES string of the molecule is CC1=C(/C=C/C(C)=C/C=C/C(C)=C/C(=O)n2nnc3ccccc32)C(C)(C)CCC1. The number of carbonyl (C=O) groups excluding carboxylic acids is 1. The van der Waals surface area contributed by atoms with Crippen molar-refractivity contribution in [3.8, 4) is 0 Å². The molecule has 0 saturated heterocycles. The Kier molecular flexibility index (Phi) is 6.66. The maximum atomic E-state index is 12.5. The smallest absolute Gasteiger partial charge is 0.267 e. The first-order chi connectivity index (χ1) is 14.3. The van der Waals surface area contributed by atoms with Crippen LogP contribution in [0.15, 0.2) is 83.0 Å². The zero-order chi connectivity index (χ0) is 21.7. The van der Waals surface area contributed by atoms with Gasteiger partial charge in [-0.1, -0.05) is 72.7 Å². The topological polar surface area (TPSA) is 47.8 Å². The van der Waals surface area contributed by atoms with Gasteiger partial charge in [-0.15, -0.1) is 5.10 Å². The lowest BCUT2D eigenvalue weighted by Crippen LogP contribution is -2.19. The average molecular weight is 402 g/mol. The van der Waals surface area contributed by atoms with Crippen LogP contribution in [0.25, 0.3) is 11.0 Å². The molecule has 0 fully saturated rings. The minimum absolute atomic E-state index is 0.201. The molecular weight excluding hydrogens is 370 g/mol. The lowest BCUT2D eigenvalue weighted by atomic mass is 9.72. The van der Waals surface area contributed by atoms with Gasteiger partial charge in [0, 0.05) is 6.08 Å². The monoisotopic (exact) mass is 401 g/mol. The van der Waals surface area contributed by atoms with Crippen LogP contribution in [-0.2, 0) is 0 Å². The Bertz CT molecular complexity index is 1090. The summed E-state index contributed by atoms with van der Waals surface area (Å²) in [7, 11) is 0. The molecule has 156 valence electrons. The number of rotatable bonds is 5. The summed E-state index contributed by atoms with van der Waals surface area (Å²) in [6.45, 7) is 10.9. The van der Waals surface area contributed by atoms with Crippen LogP contribution in [0.1, 0.15) is 58.7 Å². The fourth-order valence-electron chi connectivity index (χ4n) is 3.97. The molecule has 2 aromatic rings. The summed E-state index contributed by atoms with van der Waals surface area (Å²) < 4.78 is 1.33. The Labute approximate surface area is 179 Å². The van der Waals surface area contributed by atoms with E-state index in [4.69, 9.17) is 0 Å². The maximum Gasteiger partial charge on any atom is 0.273 e. The minimum Gasteiger partial charge on any atom is -0.267 e. The van der Waals surface area contributed by atoms with E-state index in [-0.39, 0.29) is 11.3 Å². The number of hydrogen-bond acceptors (Lipinski definition) is 3. The van der Waals surface area contributed by atoms with Crippen molar-refractivity contribution >= 4 is 16.9 Å². The van der Waals surface area contributed by atoms with Crippen LogP contribution < -0.4 is 0 Å². The summed E-state index contributed by atoms with van der Waals surface area (Å²) >= 11 is 0. The molecule has 1 aromatic heterocycles. The molecule has 0 saturated carbocycles. The lowest BCUT2D eigenvalue weighted by Gasteiger charge is -2.32. The maximum absolute atomic E-state index is 12.5. The third-order valence-corrected chi connectivity index (χ3v) is 5.69. The first kappa shape index (κ1) is 21.7. The van der Waals surface area contributed by atoms with Gasteiger partial charge in [-0.05, 0) is 68.7 Å². The van der Waals surface area contributed by atoms with Crippen LogP contribution in [0.2, 0.25) is 0 Å². The van der Waals surface area contributed by atoms with Gasteiger partial charge in [-0.2, -0.15) is 4.68 Å². The van der Waals surface area contributed by atoms with Crippen molar-refractivity contribution in [1.29, 1.82) is 0 Å². The van der Waals surface area contributed by atoms with E-state index in [2.05, 4.69) is 56.2 Å². The Balaban J connectivity index is 1.67. The molecule has 0 amide bonds. The van der Waals surface area contributed by atoms with Crippen molar-refractivity contribution in [2.24, 2.45) is 5.41 Å². The quantitative estimate of drug-likeness (QED) is 0.419. The highest BCUT2D eigenvalue weighted by molar-refractivity contribution is 5.96. The lowest BCUT2D eigenvalue weighted by molar-refractivity contribution is 0.0956. The predicted octanol–water partition coefficient (Wildman–Crippen LogP) is 6.60. The highest BCUT2D eigenvalue weighted by Crippen LogP contribution is 2.40. The summed E-state index contributed by atoms with van der Waals surface area (Å²) in [4.78, 5) is 12.5. The minimum atomic E-state index is -0.201. The third kappa shape index (κ3) is 5.12. The van der Waals surface area contributed by atoms with Gasteiger partial charge in [0.1, 0.15) is 5.52 Å². The fourth-order valence-corrected chi connectivity index (χ4v) is 3.97. The first-order valence-electron chi connectivity index (χ1n) is 10.5. The number of carbonyl (C=O) groups is 1. The highest BCUT2D eigenvalue weighted by Gasteiger charge is 2.26. The molecule has 1 heterocycles. The number of fused-ring (bicyclic) bond motifs is 1. The molecule has 0 unspecified atom stereocenters. The Morgan fingerprint density at radius 1 is 1.13 bits per heavy atom. The van der Waals surface area contributed by atoms with Gasteiger partial charge in [0.15, 0.2) is 0 Å².